The maximum absolute atomic E-state index is 12.3. The molecule has 0 radical (unpaired) electrons. The molecule has 2 unspecified atom stereocenters. The molecule has 1 aliphatic carbocycles. The molecule has 1 aliphatic rings. The molecule has 2 rings (SSSR count). The minimum atomic E-state index is -0.236. The van der Waals surface area contributed by atoms with Crippen LogP contribution in [0, 0.1) is 17.3 Å². The molecule has 126 valence electrons. The van der Waals surface area contributed by atoms with Gasteiger partial charge in [-0.15, -0.1) is 0 Å². The average molecular weight is 461 g/mol. The summed E-state index contributed by atoms with van der Waals surface area (Å²) in [5.74, 6) is -0.250. The second-order valence-electron chi connectivity index (χ2n) is 6.15. The molecule has 0 amide bonds. The summed E-state index contributed by atoms with van der Waals surface area (Å²) in [5, 5.41) is 0.962. The van der Waals surface area contributed by atoms with Crippen molar-refractivity contribution < 1.29 is 9.53 Å². The van der Waals surface area contributed by atoms with Crippen LogP contribution in [0.3, 0.4) is 0 Å². The predicted octanol–water partition coefficient (Wildman–Crippen LogP) is 6.78. The van der Waals surface area contributed by atoms with Gasteiger partial charge in [0.25, 0.3) is 0 Å². The fourth-order valence-corrected chi connectivity index (χ4v) is 3.81. The second kappa shape index (κ2) is 7.53. The van der Waals surface area contributed by atoms with Gasteiger partial charge in [0.15, 0.2) is 0 Å². The van der Waals surface area contributed by atoms with E-state index < -0.39 is 0 Å². The lowest BCUT2D eigenvalue weighted by atomic mass is 9.55. The van der Waals surface area contributed by atoms with Crippen molar-refractivity contribution in [3.05, 3.63) is 42.8 Å². The summed E-state index contributed by atoms with van der Waals surface area (Å²) in [7, 11) is 0. The normalized spacial score (nSPS) is 22.2. The molecule has 2 atom stereocenters. The molecule has 0 aliphatic heterocycles. The summed E-state index contributed by atoms with van der Waals surface area (Å²) in [5.41, 5.74) is 0.509. The number of carbonyl (C=O) groups is 1. The molecule has 0 N–H and O–H groups in total. The van der Waals surface area contributed by atoms with E-state index in [4.69, 9.17) is 51.1 Å². The van der Waals surface area contributed by atoms with E-state index in [1.807, 2.05) is 13.8 Å². The molecule has 0 heterocycles. The average Bonchev–Trinajstić information content (AvgIpc) is 2.45. The molecule has 1 saturated carbocycles. The molecule has 7 heteroatoms. The Morgan fingerprint density at radius 1 is 1.35 bits per heavy atom. The molecule has 1 aromatic rings. The minimum absolute atomic E-state index is 0.134. The Kier molecular flexibility index (Phi) is 6.35. The summed E-state index contributed by atoms with van der Waals surface area (Å²) in [6.45, 7) is 4.15. The van der Waals surface area contributed by atoms with Crippen molar-refractivity contribution in [2.45, 2.75) is 26.9 Å². The lowest BCUT2D eigenvalue weighted by molar-refractivity contribution is -0.164. The molecule has 0 aromatic heterocycles. The molecule has 1 aromatic carbocycles. The van der Waals surface area contributed by atoms with Gasteiger partial charge in [-0.2, -0.15) is 0 Å². The Labute approximate surface area is 164 Å². The Balaban J connectivity index is 1.98. The van der Waals surface area contributed by atoms with E-state index in [1.54, 1.807) is 18.2 Å². The molecule has 0 bridgehead atoms. The zero-order valence-corrected chi connectivity index (χ0v) is 17.1. The van der Waals surface area contributed by atoms with Gasteiger partial charge >= 0.3 is 5.97 Å². The number of carbonyl (C=O) groups excluding carboxylic acids is 1. The van der Waals surface area contributed by atoms with Gasteiger partial charge in [-0.05, 0) is 51.4 Å². The smallest absolute Gasteiger partial charge is 0.309 e. The topological polar surface area (TPSA) is 26.3 Å². The van der Waals surface area contributed by atoms with Crippen molar-refractivity contribution >= 4 is 68.3 Å². The SMILES string of the molecule is CC1(C)C(C=C(Cl)Cl)CC1C(=O)OCc1cc(Cl)c(Br)c(Cl)c1. The molecule has 2 nitrogen and oxygen atoms in total. The monoisotopic (exact) mass is 458 g/mol. The number of hydrogen-bond donors (Lipinski definition) is 0. The van der Waals surface area contributed by atoms with E-state index in [0.717, 1.165) is 5.56 Å². The first-order valence-electron chi connectivity index (χ1n) is 6.95. The van der Waals surface area contributed by atoms with Crippen LogP contribution in [-0.4, -0.2) is 5.97 Å². The van der Waals surface area contributed by atoms with Gasteiger partial charge in [0.1, 0.15) is 11.1 Å². The number of rotatable bonds is 4. The largest absolute Gasteiger partial charge is 0.461 e. The fraction of sp³-hybridized carbons (Fsp3) is 0.438. The van der Waals surface area contributed by atoms with E-state index in [-0.39, 0.29) is 34.3 Å². The summed E-state index contributed by atoms with van der Waals surface area (Å²) >= 11 is 26.8. The third-order valence-electron chi connectivity index (χ3n) is 4.38. The summed E-state index contributed by atoms with van der Waals surface area (Å²) < 4.78 is 6.27. The van der Waals surface area contributed by atoms with E-state index >= 15 is 0 Å². The highest BCUT2D eigenvalue weighted by Gasteiger charge is 2.51. The van der Waals surface area contributed by atoms with Crippen LogP contribution in [0.4, 0.5) is 0 Å². The van der Waals surface area contributed by atoms with Gasteiger partial charge in [0.05, 0.1) is 20.4 Å². The van der Waals surface area contributed by atoms with Gasteiger partial charge in [-0.3, -0.25) is 4.79 Å². The number of hydrogen-bond acceptors (Lipinski definition) is 2. The van der Waals surface area contributed by atoms with Crippen LogP contribution in [0.25, 0.3) is 0 Å². The maximum atomic E-state index is 12.3. The molecule has 0 spiro atoms. The Morgan fingerprint density at radius 2 is 1.91 bits per heavy atom. The quantitative estimate of drug-likeness (QED) is 0.365. The molecular formula is C16H15BrCl4O2. The van der Waals surface area contributed by atoms with Crippen LogP contribution < -0.4 is 0 Å². The third-order valence-corrected chi connectivity index (χ3v) is 6.54. The number of benzene rings is 1. The van der Waals surface area contributed by atoms with Crippen LogP contribution in [0.15, 0.2) is 27.2 Å². The lowest BCUT2D eigenvalue weighted by Gasteiger charge is -2.49. The van der Waals surface area contributed by atoms with E-state index in [9.17, 15) is 4.79 Å². The summed E-state index contributed by atoms with van der Waals surface area (Å²) in [6.07, 6.45) is 2.46. The van der Waals surface area contributed by atoms with Gasteiger partial charge in [-0.25, -0.2) is 0 Å². The highest BCUT2D eigenvalue weighted by atomic mass is 79.9. The van der Waals surface area contributed by atoms with Crippen molar-refractivity contribution in [2.75, 3.05) is 0 Å². The number of allylic oxidation sites excluding steroid dienone is 1. The number of esters is 1. The molecule has 1 fully saturated rings. The maximum Gasteiger partial charge on any atom is 0.309 e. The highest BCUT2D eigenvalue weighted by Crippen LogP contribution is 2.53. The molecule has 23 heavy (non-hydrogen) atoms. The van der Waals surface area contributed by atoms with E-state index in [2.05, 4.69) is 15.9 Å². The third kappa shape index (κ3) is 4.38. The zero-order chi connectivity index (χ0) is 17.4. The van der Waals surface area contributed by atoms with Crippen LogP contribution in [-0.2, 0) is 16.1 Å². The van der Waals surface area contributed by atoms with Gasteiger partial charge in [0, 0.05) is 0 Å². The van der Waals surface area contributed by atoms with Crippen LogP contribution in [0.1, 0.15) is 25.8 Å². The summed E-state index contributed by atoms with van der Waals surface area (Å²) in [6, 6.07) is 3.44. The fourth-order valence-electron chi connectivity index (χ4n) is 2.74. The second-order valence-corrected chi connectivity index (χ2v) is 8.77. The van der Waals surface area contributed by atoms with E-state index in [1.165, 1.54) is 0 Å². The first-order chi connectivity index (χ1) is 10.6. The van der Waals surface area contributed by atoms with Gasteiger partial charge < -0.3 is 4.74 Å². The van der Waals surface area contributed by atoms with Crippen molar-refractivity contribution in [3.63, 3.8) is 0 Å². The van der Waals surface area contributed by atoms with E-state index in [0.29, 0.717) is 20.9 Å². The molecular weight excluding hydrogens is 446 g/mol. The first kappa shape index (κ1) is 19.4. The summed E-state index contributed by atoms with van der Waals surface area (Å²) in [4.78, 5) is 12.3. The van der Waals surface area contributed by atoms with Crippen LogP contribution in [0.2, 0.25) is 10.0 Å². The number of halogens is 5. The predicted molar refractivity (Wildman–Crippen MR) is 99.1 cm³/mol. The van der Waals surface area contributed by atoms with Crippen molar-refractivity contribution in [1.29, 1.82) is 0 Å². The van der Waals surface area contributed by atoms with Gasteiger partial charge in [0.2, 0.25) is 0 Å². The van der Waals surface area contributed by atoms with Crippen LogP contribution in [0.5, 0.6) is 0 Å². The van der Waals surface area contributed by atoms with Crippen molar-refractivity contribution in [2.24, 2.45) is 17.3 Å². The standard InChI is InChI=1S/C16H15BrCl4O2/c1-16(2)9(6-13(20)21)5-10(16)15(22)23-7-8-3-11(18)14(17)12(19)4-8/h3-4,6,9-10H,5,7H2,1-2H3. The first-order valence-corrected chi connectivity index (χ1v) is 9.26. The zero-order valence-electron chi connectivity index (χ0n) is 12.5. The Hall–Kier alpha value is 0.0700. The minimum Gasteiger partial charge on any atom is -0.461 e. The van der Waals surface area contributed by atoms with Gasteiger partial charge in [-0.1, -0.05) is 66.3 Å². The molecule has 0 saturated heterocycles. The van der Waals surface area contributed by atoms with Crippen LogP contribution >= 0.6 is 62.3 Å². The highest BCUT2D eigenvalue weighted by molar-refractivity contribution is 9.10. The Bertz CT molecular complexity index is 630. The van der Waals surface area contributed by atoms with Crippen molar-refractivity contribution in [3.8, 4) is 0 Å². The number of ether oxygens (including phenoxy) is 1. The Morgan fingerprint density at radius 3 is 2.39 bits per heavy atom. The van der Waals surface area contributed by atoms with Crippen molar-refractivity contribution in [1.82, 2.24) is 0 Å². The lowest BCUT2D eigenvalue weighted by Crippen LogP contribution is -2.48.